The maximum atomic E-state index is 12.7. The maximum absolute atomic E-state index is 12.7. The number of alkyl carbamates (subject to hydrolysis) is 1. The molecule has 0 aromatic heterocycles. The number of ether oxygens (including phenoxy) is 1. The zero-order valence-corrected chi connectivity index (χ0v) is 15.2. The molecule has 4 rings (SSSR count). The van der Waals surface area contributed by atoms with E-state index in [1.807, 2.05) is 11.9 Å². The van der Waals surface area contributed by atoms with Gasteiger partial charge >= 0.3 is 6.09 Å². The van der Waals surface area contributed by atoms with E-state index >= 15 is 0 Å². The lowest BCUT2D eigenvalue weighted by Gasteiger charge is -2.47. The molecule has 1 saturated heterocycles. The van der Waals surface area contributed by atoms with Gasteiger partial charge in [-0.15, -0.1) is 0 Å². The summed E-state index contributed by atoms with van der Waals surface area (Å²) in [5.41, 5.74) is 3.88. The van der Waals surface area contributed by atoms with Gasteiger partial charge in [-0.1, -0.05) is 18.2 Å². The van der Waals surface area contributed by atoms with Crippen LogP contribution >= 0.6 is 0 Å². The zero-order chi connectivity index (χ0) is 17.8. The maximum Gasteiger partial charge on any atom is 0.407 e. The monoisotopic (exact) mass is 342 g/mol. The van der Waals surface area contributed by atoms with Crippen LogP contribution in [0.3, 0.4) is 0 Å². The van der Waals surface area contributed by atoms with Crippen LogP contribution in [0.4, 0.5) is 4.79 Å². The summed E-state index contributed by atoms with van der Waals surface area (Å²) in [7, 11) is 1.93. The average Bonchev–Trinajstić information content (AvgIpc) is 2.90. The van der Waals surface area contributed by atoms with Crippen molar-refractivity contribution in [3.05, 3.63) is 34.9 Å². The van der Waals surface area contributed by atoms with Crippen molar-refractivity contribution in [3.63, 3.8) is 0 Å². The molecule has 1 N–H and O–H groups in total. The Balaban J connectivity index is 1.31. The van der Waals surface area contributed by atoms with E-state index in [9.17, 15) is 9.59 Å². The third-order valence-corrected chi connectivity index (χ3v) is 6.57. The number of nitrogens with one attached hydrogen (secondary N) is 1. The molecule has 1 heterocycles. The van der Waals surface area contributed by atoms with Gasteiger partial charge in [-0.3, -0.25) is 4.79 Å². The first-order chi connectivity index (χ1) is 11.9. The van der Waals surface area contributed by atoms with Crippen LogP contribution < -0.4 is 5.32 Å². The normalized spacial score (nSPS) is 33.2. The van der Waals surface area contributed by atoms with Gasteiger partial charge in [0.2, 0.25) is 5.91 Å². The predicted octanol–water partition coefficient (Wildman–Crippen LogP) is 2.90. The molecule has 0 atom stereocenters. The Kier molecular flexibility index (Phi) is 3.78. The summed E-state index contributed by atoms with van der Waals surface area (Å²) in [6, 6.07) is 6.85. The van der Waals surface area contributed by atoms with Crippen molar-refractivity contribution >= 4 is 12.0 Å². The summed E-state index contributed by atoms with van der Waals surface area (Å²) in [6.07, 6.45) is 3.15. The van der Waals surface area contributed by atoms with Crippen molar-refractivity contribution in [2.45, 2.75) is 57.0 Å². The third-order valence-electron chi connectivity index (χ3n) is 6.57. The fraction of sp³-hybridized carbons (Fsp3) is 0.600. The molecule has 3 fully saturated rings. The third kappa shape index (κ3) is 2.70. The number of benzene rings is 1. The number of aryl methyl sites for hydroxylation is 1. The van der Waals surface area contributed by atoms with Crippen LogP contribution in [0.1, 0.15) is 48.3 Å². The highest BCUT2D eigenvalue weighted by Crippen LogP contribution is 2.45. The van der Waals surface area contributed by atoms with Crippen molar-refractivity contribution in [2.75, 3.05) is 13.7 Å². The average molecular weight is 342 g/mol. The Hall–Kier alpha value is -2.04. The predicted molar refractivity (Wildman–Crippen MR) is 94.4 cm³/mol. The molecule has 2 amide bonds. The van der Waals surface area contributed by atoms with Crippen molar-refractivity contribution in [2.24, 2.45) is 5.92 Å². The van der Waals surface area contributed by atoms with Crippen LogP contribution in [0.2, 0.25) is 0 Å². The lowest BCUT2D eigenvalue weighted by atomic mass is 9.67. The fourth-order valence-corrected chi connectivity index (χ4v) is 4.61. The molecule has 1 spiro atoms. The number of hydrogen-bond donors (Lipinski definition) is 1. The standard InChI is InChI=1S/C20H26N2O3/c1-12-5-4-6-17(13(12)2)14-7-16(8-14)22(3)18(23)15-9-20(10-15)11-25-19(24)21-20/h4-6,14-16H,7-11H2,1-3H3,(H,21,24)/t14-,15-,16-,20+. The van der Waals surface area contributed by atoms with Crippen molar-refractivity contribution in [1.82, 2.24) is 10.2 Å². The second-order valence-electron chi connectivity index (χ2n) is 8.15. The number of nitrogens with zero attached hydrogens (tertiary/aromatic N) is 1. The lowest BCUT2D eigenvalue weighted by molar-refractivity contribution is -0.143. The summed E-state index contributed by atoms with van der Waals surface area (Å²) in [5.74, 6) is 0.804. The molecule has 0 bridgehead atoms. The Bertz CT molecular complexity index is 718. The minimum atomic E-state index is -0.352. The van der Waals surface area contributed by atoms with E-state index in [4.69, 9.17) is 4.74 Å². The van der Waals surface area contributed by atoms with E-state index in [0.29, 0.717) is 31.4 Å². The highest BCUT2D eigenvalue weighted by molar-refractivity contribution is 5.81. The van der Waals surface area contributed by atoms with Gasteiger partial charge in [0, 0.05) is 19.0 Å². The molecular weight excluding hydrogens is 316 g/mol. The van der Waals surface area contributed by atoms with E-state index < -0.39 is 0 Å². The smallest absolute Gasteiger partial charge is 0.407 e. The van der Waals surface area contributed by atoms with E-state index in [0.717, 1.165) is 12.8 Å². The number of carbonyl (C=O) groups is 2. The second kappa shape index (κ2) is 5.75. The molecule has 1 aliphatic heterocycles. The van der Waals surface area contributed by atoms with Gasteiger partial charge < -0.3 is 15.0 Å². The molecule has 0 unspecified atom stereocenters. The van der Waals surface area contributed by atoms with Crippen molar-refractivity contribution in [3.8, 4) is 0 Å². The molecule has 134 valence electrons. The first-order valence-corrected chi connectivity index (χ1v) is 9.16. The van der Waals surface area contributed by atoms with E-state index in [1.165, 1.54) is 16.7 Å². The highest BCUT2D eigenvalue weighted by Gasteiger charge is 2.53. The van der Waals surface area contributed by atoms with Gasteiger partial charge in [-0.25, -0.2) is 4.79 Å². The topological polar surface area (TPSA) is 58.6 Å². The molecule has 1 aromatic carbocycles. The van der Waals surface area contributed by atoms with Gasteiger partial charge in [0.15, 0.2) is 0 Å². The Morgan fingerprint density at radius 1 is 1.28 bits per heavy atom. The SMILES string of the molecule is Cc1cccc([C@H]2C[C@H](N(C)C(=O)[C@H]3C[C@]4(COC(=O)N4)C3)C2)c1C. The van der Waals surface area contributed by atoms with Gasteiger partial charge in [-0.2, -0.15) is 0 Å². The summed E-state index contributed by atoms with van der Waals surface area (Å²) in [4.78, 5) is 25.9. The molecule has 2 aliphatic carbocycles. The first kappa shape index (κ1) is 16.4. The van der Waals surface area contributed by atoms with Crippen LogP contribution in [0.25, 0.3) is 0 Å². The first-order valence-electron chi connectivity index (χ1n) is 9.16. The van der Waals surface area contributed by atoms with Crippen LogP contribution in [0.15, 0.2) is 18.2 Å². The lowest BCUT2D eigenvalue weighted by Crippen LogP contribution is -2.59. The van der Waals surface area contributed by atoms with Crippen molar-refractivity contribution < 1.29 is 14.3 Å². The van der Waals surface area contributed by atoms with Gasteiger partial charge in [0.05, 0.1) is 5.54 Å². The molecule has 2 saturated carbocycles. The molecule has 25 heavy (non-hydrogen) atoms. The van der Waals surface area contributed by atoms with E-state index in [-0.39, 0.29) is 23.5 Å². The summed E-state index contributed by atoms with van der Waals surface area (Å²) in [6.45, 7) is 4.75. The number of hydrogen-bond acceptors (Lipinski definition) is 3. The molecule has 1 aromatic rings. The Morgan fingerprint density at radius 2 is 2.00 bits per heavy atom. The molecule has 5 nitrogen and oxygen atoms in total. The largest absolute Gasteiger partial charge is 0.447 e. The van der Waals surface area contributed by atoms with E-state index in [1.54, 1.807) is 0 Å². The van der Waals surface area contributed by atoms with Crippen LogP contribution in [0, 0.1) is 19.8 Å². The number of amides is 2. The zero-order valence-electron chi connectivity index (χ0n) is 15.2. The van der Waals surface area contributed by atoms with Crippen LogP contribution in [0.5, 0.6) is 0 Å². The van der Waals surface area contributed by atoms with Gasteiger partial charge in [0.1, 0.15) is 6.61 Å². The molecular formula is C20H26N2O3. The number of rotatable bonds is 3. The van der Waals surface area contributed by atoms with Crippen LogP contribution in [-0.2, 0) is 9.53 Å². The highest BCUT2D eigenvalue weighted by atomic mass is 16.6. The summed E-state index contributed by atoms with van der Waals surface area (Å²) in [5, 5.41) is 2.86. The fourth-order valence-electron chi connectivity index (χ4n) is 4.61. The number of cyclic esters (lactones) is 1. The Morgan fingerprint density at radius 3 is 2.64 bits per heavy atom. The minimum absolute atomic E-state index is 0.0201. The molecule has 0 radical (unpaired) electrons. The van der Waals surface area contributed by atoms with E-state index in [2.05, 4.69) is 37.4 Å². The minimum Gasteiger partial charge on any atom is -0.447 e. The van der Waals surface area contributed by atoms with Crippen molar-refractivity contribution in [1.29, 1.82) is 0 Å². The number of carbonyl (C=O) groups excluding carboxylic acids is 2. The second-order valence-corrected chi connectivity index (χ2v) is 8.15. The summed E-state index contributed by atoms with van der Waals surface area (Å²) >= 11 is 0. The Labute approximate surface area is 148 Å². The molecule has 5 heteroatoms. The van der Waals surface area contributed by atoms with Crippen LogP contribution in [-0.4, -0.2) is 42.1 Å². The molecule has 3 aliphatic rings. The van der Waals surface area contributed by atoms with Gasteiger partial charge in [0.25, 0.3) is 0 Å². The van der Waals surface area contributed by atoms with Gasteiger partial charge in [-0.05, 0) is 62.1 Å². The quantitative estimate of drug-likeness (QED) is 0.919. The summed E-state index contributed by atoms with van der Waals surface area (Å²) < 4.78 is 4.99.